The van der Waals surface area contributed by atoms with Gasteiger partial charge in [0.2, 0.25) is 0 Å². The van der Waals surface area contributed by atoms with E-state index in [0.717, 1.165) is 6.54 Å². The zero-order chi connectivity index (χ0) is 8.85. The molecule has 0 aliphatic heterocycles. The molecule has 0 fully saturated rings. The second-order valence-electron chi connectivity index (χ2n) is 3.22. The van der Waals surface area contributed by atoms with Gasteiger partial charge in [0.15, 0.2) is 0 Å². The van der Waals surface area contributed by atoms with Gasteiger partial charge in [-0.15, -0.1) is 6.42 Å². The molecule has 2 nitrogen and oxygen atoms in total. The van der Waals surface area contributed by atoms with Crippen LogP contribution < -0.4 is 5.32 Å². The van der Waals surface area contributed by atoms with Gasteiger partial charge in [0, 0.05) is 12.6 Å². The number of nitrogens with zero attached hydrogens (tertiary/aromatic N) is 1. The van der Waals surface area contributed by atoms with Crippen molar-refractivity contribution in [1.82, 2.24) is 10.2 Å². The highest BCUT2D eigenvalue weighted by Crippen LogP contribution is 1.87. The van der Waals surface area contributed by atoms with Crippen LogP contribution in [0.25, 0.3) is 0 Å². The Morgan fingerprint density at radius 3 is 2.36 bits per heavy atom. The first-order valence-corrected chi connectivity index (χ1v) is 3.93. The molecule has 2 unspecified atom stereocenters. The first kappa shape index (κ1) is 10.5. The normalized spacial score (nSPS) is 16.0. The molecule has 0 spiro atoms. The maximum atomic E-state index is 5.23. The quantitative estimate of drug-likeness (QED) is 0.595. The average molecular weight is 154 g/mol. The van der Waals surface area contributed by atoms with Gasteiger partial charge in [0.25, 0.3) is 0 Å². The summed E-state index contributed by atoms with van der Waals surface area (Å²) in [6.07, 6.45) is 5.23. The van der Waals surface area contributed by atoms with Gasteiger partial charge in [-0.3, -0.25) is 0 Å². The number of terminal acetylenes is 1. The van der Waals surface area contributed by atoms with Crippen LogP contribution in [-0.4, -0.2) is 37.6 Å². The summed E-state index contributed by atoms with van der Waals surface area (Å²) in [5.74, 6) is 2.64. The lowest BCUT2D eigenvalue weighted by Crippen LogP contribution is -2.40. The van der Waals surface area contributed by atoms with Crippen LogP contribution in [0, 0.1) is 12.3 Å². The summed E-state index contributed by atoms with van der Waals surface area (Å²) < 4.78 is 0. The summed E-state index contributed by atoms with van der Waals surface area (Å²) in [5.41, 5.74) is 0. The lowest BCUT2D eigenvalue weighted by Gasteiger charge is -2.19. The predicted octanol–water partition coefficient (Wildman–Crippen LogP) is 0.548. The number of rotatable bonds is 4. The van der Waals surface area contributed by atoms with Crippen molar-refractivity contribution >= 4 is 0 Å². The van der Waals surface area contributed by atoms with E-state index in [1.54, 1.807) is 0 Å². The third kappa shape index (κ3) is 5.90. The Morgan fingerprint density at radius 1 is 1.45 bits per heavy atom. The Labute approximate surface area is 70.0 Å². The van der Waals surface area contributed by atoms with Gasteiger partial charge >= 0.3 is 0 Å². The van der Waals surface area contributed by atoms with E-state index in [2.05, 4.69) is 37.2 Å². The standard InChI is InChI=1S/C9H18N2/c1-6-8(2)10-9(3)7-11(4)5/h1,8-10H,7H2,2-5H3. The zero-order valence-electron chi connectivity index (χ0n) is 7.89. The highest BCUT2D eigenvalue weighted by atomic mass is 15.1. The van der Waals surface area contributed by atoms with E-state index in [1.165, 1.54) is 0 Å². The third-order valence-electron chi connectivity index (χ3n) is 1.42. The van der Waals surface area contributed by atoms with Crippen molar-refractivity contribution in [1.29, 1.82) is 0 Å². The number of likely N-dealkylation sites (N-methyl/N-ethyl adjacent to an activating group) is 1. The Hall–Kier alpha value is -0.520. The summed E-state index contributed by atoms with van der Waals surface area (Å²) in [6, 6.07) is 0.626. The SMILES string of the molecule is C#CC(C)NC(C)CN(C)C. The largest absolute Gasteiger partial charge is 0.308 e. The molecule has 0 aliphatic rings. The van der Waals surface area contributed by atoms with Crippen molar-refractivity contribution < 1.29 is 0 Å². The van der Waals surface area contributed by atoms with E-state index in [-0.39, 0.29) is 6.04 Å². The average Bonchev–Trinajstić information content (AvgIpc) is 1.85. The van der Waals surface area contributed by atoms with Crippen LogP contribution in [0.2, 0.25) is 0 Å². The van der Waals surface area contributed by atoms with Crippen molar-refractivity contribution in [2.75, 3.05) is 20.6 Å². The molecule has 2 heteroatoms. The first-order chi connectivity index (χ1) is 5.06. The Morgan fingerprint density at radius 2 is 2.00 bits per heavy atom. The van der Waals surface area contributed by atoms with Gasteiger partial charge in [-0.2, -0.15) is 0 Å². The molecule has 0 saturated heterocycles. The minimum Gasteiger partial charge on any atom is -0.308 e. The number of hydrogen-bond donors (Lipinski definition) is 1. The molecule has 2 atom stereocenters. The van der Waals surface area contributed by atoms with Crippen molar-refractivity contribution in [2.24, 2.45) is 0 Å². The van der Waals surface area contributed by atoms with Gasteiger partial charge in [0.1, 0.15) is 0 Å². The van der Waals surface area contributed by atoms with E-state index in [1.807, 2.05) is 6.92 Å². The molecule has 0 amide bonds. The molecule has 1 N–H and O–H groups in total. The van der Waals surface area contributed by atoms with E-state index in [0.29, 0.717) is 6.04 Å². The molecule has 0 radical (unpaired) electrons. The Bertz CT molecular complexity index is 135. The molecule has 0 aliphatic carbocycles. The molecule has 0 aromatic heterocycles. The summed E-state index contributed by atoms with van der Waals surface area (Å²) in [4.78, 5) is 2.14. The third-order valence-corrected chi connectivity index (χ3v) is 1.42. The number of nitrogens with one attached hydrogen (secondary N) is 1. The fraction of sp³-hybridized carbons (Fsp3) is 0.778. The molecule has 0 heterocycles. The van der Waals surface area contributed by atoms with Crippen LogP contribution in [0.15, 0.2) is 0 Å². The summed E-state index contributed by atoms with van der Waals surface area (Å²) in [5, 5.41) is 3.28. The first-order valence-electron chi connectivity index (χ1n) is 3.93. The van der Waals surface area contributed by atoms with Gasteiger partial charge in [-0.05, 0) is 27.9 Å². The summed E-state index contributed by atoms with van der Waals surface area (Å²) >= 11 is 0. The molecule has 64 valence electrons. The van der Waals surface area contributed by atoms with E-state index in [9.17, 15) is 0 Å². The Balaban J connectivity index is 3.53. The van der Waals surface area contributed by atoms with E-state index in [4.69, 9.17) is 6.42 Å². The minimum atomic E-state index is 0.171. The minimum absolute atomic E-state index is 0.171. The molecular weight excluding hydrogens is 136 g/mol. The van der Waals surface area contributed by atoms with Gasteiger partial charge in [0.05, 0.1) is 6.04 Å². The summed E-state index contributed by atoms with van der Waals surface area (Å²) in [6.45, 7) is 5.14. The van der Waals surface area contributed by atoms with E-state index >= 15 is 0 Å². The van der Waals surface area contributed by atoms with Gasteiger partial charge < -0.3 is 10.2 Å². The Kier molecular flexibility index (Phi) is 4.93. The van der Waals surface area contributed by atoms with Crippen LogP contribution in [0.3, 0.4) is 0 Å². The van der Waals surface area contributed by atoms with Crippen LogP contribution in [-0.2, 0) is 0 Å². The zero-order valence-corrected chi connectivity index (χ0v) is 7.89. The molecule has 0 rings (SSSR count). The van der Waals surface area contributed by atoms with Crippen molar-refractivity contribution in [2.45, 2.75) is 25.9 Å². The fourth-order valence-corrected chi connectivity index (χ4v) is 1.08. The highest BCUT2D eigenvalue weighted by molar-refractivity contribution is 4.96. The maximum Gasteiger partial charge on any atom is 0.0660 e. The lowest BCUT2D eigenvalue weighted by atomic mass is 10.2. The van der Waals surface area contributed by atoms with Crippen LogP contribution in [0.1, 0.15) is 13.8 Å². The van der Waals surface area contributed by atoms with Crippen LogP contribution in [0.5, 0.6) is 0 Å². The maximum absolute atomic E-state index is 5.23. The van der Waals surface area contributed by atoms with Crippen LogP contribution >= 0.6 is 0 Å². The van der Waals surface area contributed by atoms with Gasteiger partial charge in [-0.25, -0.2) is 0 Å². The lowest BCUT2D eigenvalue weighted by molar-refractivity contribution is 0.345. The van der Waals surface area contributed by atoms with Crippen molar-refractivity contribution in [3.63, 3.8) is 0 Å². The monoisotopic (exact) mass is 154 g/mol. The molecule has 0 saturated carbocycles. The van der Waals surface area contributed by atoms with Crippen molar-refractivity contribution in [3.8, 4) is 12.3 Å². The topological polar surface area (TPSA) is 15.3 Å². The highest BCUT2D eigenvalue weighted by Gasteiger charge is 2.04. The second-order valence-corrected chi connectivity index (χ2v) is 3.22. The number of hydrogen-bond acceptors (Lipinski definition) is 2. The smallest absolute Gasteiger partial charge is 0.0660 e. The molecule has 11 heavy (non-hydrogen) atoms. The molecule has 0 aromatic rings. The van der Waals surface area contributed by atoms with Gasteiger partial charge in [-0.1, -0.05) is 5.92 Å². The predicted molar refractivity (Wildman–Crippen MR) is 49.4 cm³/mol. The second kappa shape index (κ2) is 5.17. The summed E-state index contributed by atoms with van der Waals surface area (Å²) in [7, 11) is 4.11. The van der Waals surface area contributed by atoms with Crippen LogP contribution in [0.4, 0.5) is 0 Å². The molecular formula is C9H18N2. The fourth-order valence-electron chi connectivity index (χ4n) is 1.08. The van der Waals surface area contributed by atoms with Crippen molar-refractivity contribution in [3.05, 3.63) is 0 Å². The molecule has 0 bridgehead atoms. The molecule has 0 aromatic carbocycles. The van der Waals surface area contributed by atoms with E-state index < -0.39 is 0 Å².